The van der Waals surface area contributed by atoms with Gasteiger partial charge < -0.3 is 5.11 Å². The molecule has 4 nitrogen and oxygen atoms in total. The maximum Gasteiger partial charge on any atom is 0.340 e. The lowest BCUT2D eigenvalue weighted by Crippen LogP contribution is -2.10. The van der Waals surface area contributed by atoms with Crippen molar-refractivity contribution < 1.29 is 9.90 Å². The zero-order chi connectivity index (χ0) is 14.0. The number of thioether (sulfide) groups is 1. The Morgan fingerprint density at radius 2 is 2.11 bits per heavy atom. The molecular weight excluding hydrogens is 260 g/mol. The molecule has 1 fully saturated rings. The number of aromatic nitrogens is 2. The van der Waals surface area contributed by atoms with Crippen molar-refractivity contribution in [1.82, 2.24) is 9.97 Å². The summed E-state index contributed by atoms with van der Waals surface area (Å²) in [6.07, 6.45) is 3.81. The Labute approximate surface area is 118 Å². The fraction of sp³-hybridized carbons (Fsp3) is 0.643. The topological polar surface area (TPSA) is 63.1 Å². The largest absolute Gasteiger partial charge is 0.478 e. The first-order valence-electron chi connectivity index (χ1n) is 6.73. The van der Waals surface area contributed by atoms with Crippen LogP contribution >= 0.6 is 11.8 Å². The zero-order valence-electron chi connectivity index (χ0n) is 11.6. The minimum absolute atomic E-state index is 0.212. The van der Waals surface area contributed by atoms with E-state index < -0.39 is 5.97 Å². The summed E-state index contributed by atoms with van der Waals surface area (Å²) >= 11 is 1.56. The summed E-state index contributed by atoms with van der Waals surface area (Å²) in [6, 6.07) is 0. The molecule has 0 spiro atoms. The van der Waals surface area contributed by atoms with E-state index in [4.69, 9.17) is 0 Å². The maximum atomic E-state index is 11.3. The highest BCUT2D eigenvalue weighted by Gasteiger charge is 2.23. The summed E-state index contributed by atoms with van der Waals surface area (Å²) in [6.45, 7) is 5.80. The van der Waals surface area contributed by atoms with Crippen LogP contribution < -0.4 is 0 Å². The Hall–Kier alpha value is -1.10. The van der Waals surface area contributed by atoms with Crippen molar-refractivity contribution >= 4 is 17.7 Å². The lowest BCUT2D eigenvalue weighted by molar-refractivity contribution is 0.0690. The second-order valence-corrected chi connectivity index (χ2v) is 6.47. The van der Waals surface area contributed by atoms with Gasteiger partial charge in [-0.3, -0.25) is 0 Å². The number of rotatable bonds is 6. The molecule has 0 radical (unpaired) electrons. The maximum absolute atomic E-state index is 11.3. The van der Waals surface area contributed by atoms with Crippen LogP contribution in [0.4, 0.5) is 0 Å². The van der Waals surface area contributed by atoms with Crippen LogP contribution in [-0.4, -0.2) is 26.8 Å². The normalized spacial score (nSPS) is 14.9. The van der Waals surface area contributed by atoms with Crippen LogP contribution in [0.15, 0.2) is 5.03 Å². The van der Waals surface area contributed by atoms with Crippen molar-refractivity contribution in [1.29, 1.82) is 0 Å². The molecular formula is C14H20N2O2S. The van der Waals surface area contributed by atoms with Crippen LogP contribution in [0, 0.1) is 12.8 Å². The van der Waals surface area contributed by atoms with Crippen LogP contribution in [0.25, 0.3) is 0 Å². The molecule has 0 bridgehead atoms. The van der Waals surface area contributed by atoms with Crippen LogP contribution in [0.3, 0.4) is 0 Å². The molecule has 5 heteroatoms. The van der Waals surface area contributed by atoms with Crippen molar-refractivity contribution in [2.24, 2.45) is 5.92 Å². The van der Waals surface area contributed by atoms with E-state index in [9.17, 15) is 9.90 Å². The van der Waals surface area contributed by atoms with E-state index in [1.54, 1.807) is 18.7 Å². The molecule has 0 unspecified atom stereocenters. The van der Waals surface area contributed by atoms with E-state index in [1.165, 1.54) is 12.8 Å². The lowest BCUT2D eigenvalue weighted by atomic mass is 10.2. The quantitative estimate of drug-likeness (QED) is 0.638. The van der Waals surface area contributed by atoms with Gasteiger partial charge in [-0.05, 0) is 25.0 Å². The van der Waals surface area contributed by atoms with Gasteiger partial charge in [0.1, 0.15) is 16.4 Å². The molecule has 2 rings (SSSR count). The van der Waals surface area contributed by atoms with Crippen molar-refractivity contribution in [3.05, 3.63) is 17.1 Å². The van der Waals surface area contributed by atoms with Gasteiger partial charge in [0.05, 0.1) is 5.69 Å². The predicted octanol–water partition coefficient (Wildman–Crippen LogP) is 3.50. The van der Waals surface area contributed by atoms with E-state index in [2.05, 4.69) is 9.97 Å². The van der Waals surface area contributed by atoms with Crippen molar-refractivity contribution in [3.63, 3.8) is 0 Å². The van der Waals surface area contributed by atoms with Gasteiger partial charge >= 0.3 is 5.97 Å². The SMILES string of the molecule is Cc1nc(C(C)C)nc(SCCC2CC2)c1C(=O)O. The Balaban J connectivity index is 2.21. The lowest BCUT2D eigenvalue weighted by Gasteiger charge is -2.11. The van der Waals surface area contributed by atoms with Crippen molar-refractivity contribution in [3.8, 4) is 0 Å². The number of hydrogen-bond donors (Lipinski definition) is 1. The van der Waals surface area contributed by atoms with Gasteiger partial charge in [0.25, 0.3) is 0 Å². The molecule has 0 aliphatic heterocycles. The van der Waals surface area contributed by atoms with E-state index in [1.807, 2.05) is 13.8 Å². The molecule has 1 aromatic rings. The number of aryl methyl sites for hydroxylation is 1. The Morgan fingerprint density at radius 1 is 1.42 bits per heavy atom. The summed E-state index contributed by atoms with van der Waals surface area (Å²) < 4.78 is 0. The molecule has 1 heterocycles. The van der Waals surface area contributed by atoms with E-state index >= 15 is 0 Å². The standard InChI is InChI=1S/C14H20N2O2S/c1-8(2)12-15-9(3)11(14(17)18)13(16-12)19-7-6-10-4-5-10/h8,10H,4-7H2,1-3H3,(H,17,18). The average Bonchev–Trinajstić information content (AvgIpc) is 3.11. The van der Waals surface area contributed by atoms with Crippen LogP contribution in [0.1, 0.15) is 60.9 Å². The molecule has 0 aromatic carbocycles. The first-order chi connectivity index (χ1) is 8.99. The van der Waals surface area contributed by atoms with Gasteiger partial charge in [0.2, 0.25) is 0 Å². The van der Waals surface area contributed by atoms with Crippen LogP contribution in [0.2, 0.25) is 0 Å². The van der Waals surface area contributed by atoms with E-state index in [0.29, 0.717) is 10.7 Å². The van der Waals surface area contributed by atoms with Gasteiger partial charge in [-0.15, -0.1) is 11.8 Å². The molecule has 0 atom stereocenters. The van der Waals surface area contributed by atoms with Crippen LogP contribution in [0.5, 0.6) is 0 Å². The first kappa shape index (κ1) is 14.3. The minimum atomic E-state index is -0.929. The molecule has 1 N–H and O–H groups in total. The molecule has 0 saturated heterocycles. The zero-order valence-corrected chi connectivity index (χ0v) is 12.5. The average molecular weight is 280 g/mol. The molecule has 104 valence electrons. The summed E-state index contributed by atoms with van der Waals surface area (Å²) in [5.41, 5.74) is 0.838. The van der Waals surface area contributed by atoms with Gasteiger partial charge in [-0.1, -0.05) is 26.7 Å². The van der Waals surface area contributed by atoms with E-state index in [0.717, 1.165) is 23.9 Å². The summed E-state index contributed by atoms with van der Waals surface area (Å²) in [5, 5.41) is 9.93. The molecule has 1 aliphatic rings. The monoisotopic (exact) mass is 280 g/mol. The number of aromatic carboxylic acids is 1. The van der Waals surface area contributed by atoms with Gasteiger partial charge in [-0.2, -0.15) is 0 Å². The number of carboxylic acid groups (broad SMARTS) is 1. The minimum Gasteiger partial charge on any atom is -0.478 e. The van der Waals surface area contributed by atoms with Gasteiger partial charge in [0, 0.05) is 5.92 Å². The first-order valence-corrected chi connectivity index (χ1v) is 7.72. The Morgan fingerprint density at radius 3 is 2.63 bits per heavy atom. The number of hydrogen-bond acceptors (Lipinski definition) is 4. The third-order valence-corrected chi connectivity index (χ3v) is 4.27. The number of nitrogens with zero attached hydrogens (tertiary/aromatic N) is 2. The fourth-order valence-electron chi connectivity index (χ4n) is 1.91. The Bertz CT molecular complexity index is 485. The third kappa shape index (κ3) is 3.69. The molecule has 1 aromatic heterocycles. The Kier molecular flexibility index (Phi) is 4.45. The summed E-state index contributed by atoms with van der Waals surface area (Å²) in [5.74, 6) is 1.81. The molecule has 0 amide bonds. The molecule has 19 heavy (non-hydrogen) atoms. The van der Waals surface area contributed by atoms with Gasteiger partial charge in [0.15, 0.2) is 0 Å². The highest BCUT2D eigenvalue weighted by atomic mass is 32.2. The van der Waals surface area contributed by atoms with E-state index in [-0.39, 0.29) is 11.5 Å². The highest BCUT2D eigenvalue weighted by molar-refractivity contribution is 7.99. The second-order valence-electron chi connectivity index (χ2n) is 5.39. The fourth-order valence-corrected chi connectivity index (χ4v) is 3.09. The number of carboxylic acids is 1. The highest BCUT2D eigenvalue weighted by Crippen LogP contribution is 2.35. The van der Waals surface area contributed by atoms with Crippen LogP contribution in [-0.2, 0) is 0 Å². The second kappa shape index (κ2) is 5.90. The summed E-state index contributed by atoms with van der Waals surface area (Å²) in [7, 11) is 0. The molecule has 1 aliphatic carbocycles. The number of carbonyl (C=O) groups is 1. The molecule has 1 saturated carbocycles. The van der Waals surface area contributed by atoms with Gasteiger partial charge in [-0.25, -0.2) is 14.8 Å². The smallest absolute Gasteiger partial charge is 0.340 e. The van der Waals surface area contributed by atoms with Crippen molar-refractivity contribution in [2.45, 2.75) is 51.0 Å². The van der Waals surface area contributed by atoms with Crippen molar-refractivity contribution in [2.75, 3.05) is 5.75 Å². The predicted molar refractivity (Wildman–Crippen MR) is 75.9 cm³/mol. The third-order valence-electron chi connectivity index (χ3n) is 3.27. The summed E-state index contributed by atoms with van der Waals surface area (Å²) in [4.78, 5) is 20.1.